The van der Waals surface area contributed by atoms with Crippen LogP contribution in [-0.2, 0) is 0 Å². The Bertz CT molecular complexity index is 2500. The van der Waals surface area contributed by atoms with Crippen molar-refractivity contribution in [3.63, 3.8) is 0 Å². The van der Waals surface area contributed by atoms with Crippen LogP contribution in [0.3, 0.4) is 0 Å². The van der Waals surface area contributed by atoms with Crippen LogP contribution in [0.4, 0.5) is 0 Å². The second kappa shape index (κ2) is 10.9. The Balaban J connectivity index is 1.36. The molecule has 0 saturated heterocycles. The maximum Gasteiger partial charge on any atom is -0.00201 e. The SMILES string of the molecule is c1ccc(-c2ccc(-c3c4ccccc4c(-c4cccc5c4ccc4ccccc45)c4ccccc34)cc2-c2ccccc2)cc1. The molecule has 9 rings (SSSR count). The van der Waals surface area contributed by atoms with Gasteiger partial charge in [0, 0.05) is 0 Å². The van der Waals surface area contributed by atoms with Crippen LogP contribution in [0, 0.1) is 0 Å². The van der Waals surface area contributed by atoms with Crippen molar-refractivity contribution in [2.75, 3.05) is 0 Å². The van der Waals surface area contributed by atoms with Crippen LogP contribution in [0.5, 0.6) is 0 Å². The van der Waals surface area contributed by atoms with Crippen LogP contribution in [0.1, 0.15) is 0 Å². The normalized spacial score (nSPS) is 11.5. The topological polar surface area (TPSA) is 0 Å². The van der Waals surface area contributed by atoms with Gasteiger partial charge in [0.1, 0.15) is 0 Å². The quantitative estimate of drug-likeness (QED) is 0.143. The maximum absolute atomic E-state index is 2.40. The largest absolute Gasteiger partial charge is 0.0622 e. The summed E-state index contributed by atoms with van der Waals surface area (Å²) in [6.07, 6.45) is 0. The van der Waals surface area contributed by atoms with Gasteiger partial charge in [0.2, 0.25) is 0 Å². The average Bonchev–Trinajstić information content (AvgIpc) is 3.14. The fourth-order valence-electron chi connectivity index (χ4n) is 7.41. The zero-order valence-electron chi connectivity index (χ0n) is 25.3. The van der Waals surface area contributed by atoms with E-state index in [-0.39, 0.29) is 0 Å². The summed E-state index contributed by atoms with van der Waals surface area (Å²) in [5.41, 5.74) is 9.98. The smallest absolute Gasteiger partial charge is 0.00201 e. The van der Waals surface area contributed by atoms with E-state index in [4.69, 9.17) is 0 Å². The lowest BCUT2D eigenvalue weighted by molar-refractivity contribution is 1.58. The van der Waals surface area contributed by atoms with Gasteiger partial charge in [-0.15, -0.1) is 0 Å². The van der Waals surface area contributed by atoms with Gasteiger partial charge in [0.25, 0.3) is 0 Å². The van der Waals surface area contributed by atoms with E-state index in [1.165, 1.54) is 87.6 Å². The molecule has 0 amide bonds. The molecule has 0 aromatic heterocycles. The molecule has 0 spiro atoms. The minimum atomic E-state index is 1.22. The fourth-order valence-corrected chi connectivity index (χ4v) is 7.41. The summed E-state index contributed by atoms with van der Waals surface area (Å²) in [6.45, 7) is 0. The van der Waals surface area contributed by atoms with E-state index >= 15 is 0 Å². The predicted molar refractivity (Wildman–Crippen MR) is 198 cm³/mol. The van der Waals surface area contributed by atoms with Gasteiger partial charge >= 0.3 is 0 Å². The summed E-state index contributed by atoms with van der Waals surface area (Å²) in [7, 11) is 0. The molecule has 0 unspecified atom stereocenters. The van der Waals surface area contributed by atoms with Crippen LogP contribution < -0.4 is 0 Å². The summed E-state index contributed by atoms with van der Waals surface area (Å²) in [6, 6.07) is 66.5. The molecule has 0 aliphatic heterocycles. The lowest BCUT2D eigenvalue weighted by atomic mass is 9.83. The van der Waals surface area contributed by atoms with Crippen molar-refractivity contribution in [2.45, 2.75) is 0 Å². The zero-order valence-corrected chi connectivity index (χ0v) is 25.3. The van der Waals surface area contributed by atoms with Gasteiger partial charge in [-0.2, -0.15) is 0 Å². The first-order chi connectivity index (χ1) is 22.8. The third-order valence-electron chi connectivity index (χ3n) is 9.47. The minimum Gasteiger partial charge on any atom is -0.0622 e. The molecule has 0 heterocycles. The predicted octanol–water partition coefficient (Wildman–Crippen LogP) is 13.0. The number of benzene rings is 9. The van der Waals surface area contributed by atoms with Crippen LogP contribution in [0.15, 0.2) is 182 Å². The zero-order chi connectivity index (χ0) is 30.5. The maximum atomic E-state index is 2.40. The molecule has 0 atom stereocenters. The van der Waals surface area contributed by atoms with Crippen LogP contribution in [-0.4, -0.2) is 0 Å². The van der Waals surface area contributed by atoms with Crippen molar-refractivity contribution >= 4 is 43.1 Å². The highest BCUT2D eigenvalue weighted by molar-refractivity contribution is 6.25. The van der Waals surface area contributed by atoms with E-state index in [0.717, 1.165) is 0 Å². The molecule has 9 aromatic carbocycles. The lowest BCUT2D eigenvalue weighted by Gasteiger charge is -2.20. The molecule has 214 valence electrons. The highest BCUT2D eigenvalue weighted by Gasteiger charge is 2.19. The molecule has 0 nitrogen and oxygen atoms in total. The van der Waals surface area contributed by atoms with Crippen LogP contribution in [0.2, 0.25) is 0 Å². The van der Waals surface area contributed by atoms with Crippen molar-refractivity contribution < 1.29 is 0 Å². The average molecular weight is 583 g/mol. The number of rotatable bonds is 4. The van der Waals surface area contributed by atoms with Crippen molar-refractivity contribution in [2.24, 2.45) is 0 Å². The first-order valence-corrected chi connectivity index (χ1v) is 15.9. The standard InChI is InChI=1S/C46H30/c1-3-14-31(15-4-1)36-28-27-34(30-44(36)32-16-5-2-6-17-32)45-40-20-9-11-22-42(40)46(43-23-12-10-21-41(43)45)39-25-13-24-37-35-19-8-7-18-33(35)26-29-38(37)39/h1-30H. The summed E-state index contributed by atoms with van der Waals surface area (Å²) < 4.78 is 0. The van der Waals surface area contributed by atoms with Crippen molar-refractivity contribution in [1.29, 1.82) is 0 Å². The Morgan fingerprint density at radius 3 is 1.39 bits per heavy atom. The van der Waals surface area contributed by atoms with E-state index in [2.05, 4.69) is 182 Å². The number of fused-ring (bicyclic) bond motifs is 5. The number of hydrogen-bond donors (Lipinski definition) is 0. The first kappa shape index (κ1) is 26.4. The van der Waals surface area contributed by atoms with Gasteiger partial charge in [0.15, 0.2) is 0 Å². The lowest BCUT2D eigenvalue weighted by Crippen LogP contribution is -1.93. The summed E-state index contributed by atoms with van der Waals surface area (Å²) in [5, 5.41) is 10.2. The fraction of sp³-hybridized carbons (Fsp3) is 0. The third kappa shape index (κ3) is 4.23. The van der Waals surface area contributed by atoms with Crippen molar-refractivity contribution in [3.8, 4) is 44.5 Å². The van der Waals surface area contributed by atoms with E-state index < -0.39 is 0 Å². The van der Waals surface area contributed by atoms with E-state index in [9.17, 15) is 0 Å². The molecule has 0 heteroatoms. The molecule has 0 aliphatic carbocycles. The number of hydrogen-bond acceptors (Lipinski definition) is 0. The second-order valence-corrected chi connectivity index (χ2v) is 12.0. The molecular formula is C46H30. The third-order valence-corrected chi connectivity index (χ3v) is 9.47. The van der Waals surface area contributed by atoms with E-state index in [1.54, 1.807) is 0 Å². The summed E-state index contributed by atoms with van der Waals surface area (Å²) in [4.78, 5) is 0. The van der Waals surface area contributed by atoms with Gasteiger partial charge in [-0.3, -0.25) is 0 Å². The van der Waals surface area contributed by atoms with E-state index in [1.807, 2.05) is 0 Å². The molecule has 0 fully saturated rings. The molecule has 46 heavy (non-hydrogen) atoms. The van der Waals surface area contributed by atoms with Gasteiger partial charge in [-0.25, -0.2) is 0 Å². The first-order valence-electron chi connectivity index (χ1n) is 15.9. The summed E-state index contributed by atoms with van der Waals surface area (Å²) in [5.74, 6) is 0. The van der Waals surface area contributed by atoms with Gasteiger partial charge in [-0.05, 0) is 93.7 Å². The molecule has 0 N–H and O–H groups in total. The van der Waals surface area contributed by atoms with Crippen LogP contribution >= 0.6 is 0 Å². The highest BCUT2D eigenvalue weighted by atomic mass is 14.2. The second-order valence-electron chi connectivity index (χ2n) is 12.0. The Morgan fingerprint density at radius 1 is 0.217 bits per heavy atom. The molecule has 0 bridgehead atoms. The Hall–Kier alpha value is -5.98. The van der Waals surface area contributed by atoms with Crippen molar-refractivity contribution in [1.82, 2.24) is 0 Å². The molecule has 0 aliphatic rings. The van der Waals surface area contributed by atoms with Crippen LogP contribution in [0.25, 0.3) is 87.6 Å². The molecular weight excluding hydrogens is 553 g/mol. The Morgan fingerprint density at radius 2 is 0.739 bits per heavy atom. The Kier molecular flexibility index (Phi) is 6.25. The van der Waals surface area contributed by atoms with Gasteiger partial charge in [-0.1, -0.05) is 176 Å². The molecule has 0 radical (unpaired) electrons. The van der Waals surface area contributed by atoms with Gasteiger partial charge < -0.3 is 0 Å². The Labute approximate surface area is 268 Å². The summed E-state index contributed by atoms with van der Waals surface area (Å²) >= 11 is 0. The highest BCUT2D eigenvalue weighted by Crippen LogP contribution is 2.47. The molecule has 0 saturated carbocycles. The minimum absolute atomic E-state index is 1.22. The molecule has 9 aromatic rings. The monoisotopic (exact) mass is 582 g/mol. The van der Waals surface area contributed by atoms with E-state index in [0.29, 0.717) is 0 Å². The van der Waals surface area contributed by atoms with Crippen molar-refractivity contribution in [3.05, 3.63) is 182 Å². The van der Waals surface area contributed by atoms with Gasteiger partial charge in [0.05, 0.1) is 0 Å².